The van der Waals surface area contributed by atoms with Crippen molar-refractivity contribution in [3.8, 4) is 28.3 Å². The highest BCUT2D eigenvalue weighted by Gasteiger charge is 2.17. The molecule has 0 radical (unpaired) electrons. The number of rotatable bonds is 12. The van der Waals surface area contributed by atoms with E-state index in [2.05, 4.69) is 29.5 Å². The molecular weight excluding hydrogens is 508 g/mol. The van der Waals surface area contributed by atoms with Crippen molar-refractivity contribution in [2.24, 2.45) is 16.7 Å². The molecule has 0 aliphatic rings. The van der Waals surface area contributed by atoms with Gasteiger partial charge in [-0.25, -0.2) is 16.4 Å². The molecule has 3 rings (SSSR count). The number of unbranched alkanes of at least 4 members (excludes halogenated alkanes) is 1. The van der Waals surface area contributed by atoms with Crippen LogP contribution in [0.4, 0.5) is 0 Å². The number of nitrogens with two attached hydrogens (primary N) is 2. The molecule has 0 aliphatic heterocycles. The third kappa shape index (κ3) is 9.39. The molecule has 2 aromatic carbocycles. The van der Waals surface area contributed by atoms with Gasteiger partial charge in [0.2, 0.25) is 11.8 Å². The number of amides is 1. The maximum Gasteiger partial charge on any atom is 0.323 e. The third-order valence-electron chi connectivity index (χ3n) is 5.77. The van der Waals surface area contributed by atoms with Gasteiger partial charge in [-0.3, -0.25) is 9.59 Å². The molecule has 0 bridgehead atoms. The predicted molar refractivity (Wildman–Crippen MR) is 158 cm³/mol. The Balaban J connectivity index is 0.00000178. The van der Waals surface area contributed by atoms with E-state index in [1.807, 2.05) is 61.5 Å². The van der Waals surface area contributed by atoms with Gasteiger partial charge in [-0.15, -0.1) is 5.10 Å². The minimum absolute atomic E-state index is 0.174. The zero-order valence-corrected chi connectivity index (χ0v) is 23.7. The first-order valence-electron chi connectivity index (χ1n) is 13.3. The first kappa shape index (κ1) is 31.8. The lowest BCUT2D eigenvalue weighted by Gasteiger charge is -2.21. The van der Waals surface area contributed by atoms with E-state index in [4.69, 9.17) is 16.3 Å². The lowest BCUT2D eigenvalue weighted by Crippen LogP contribution is -2.35. The molecule has 1 heterocycles. The van der Waals surface area contributed by atoms with Gasteiger partial charge in [0.15, 0.2) is 5.84 Å². The van der Waals surface area contributed by atoms with Gasteiger partial charge in [0.05, 0.1) is 12.8 Å². The number of carbonyl (C=O) groups excluding carboxylic acids is 1. The number of hydrogen-bond donors (Lipinski definition) is 4. The van der Waals surface area contributed by atoms with Crippen molar-refractivity contribution < 1.29 is 19.4 Å². The number of hydrazone groups is 1. The summed E-state index contributed by atoms with van der Waals surface area (Å²) in [6.07, 6.45) is 3.15. The molecule has 0 saturated carbocycles. The molecule has 0 fully saturated rings. The fourth-order valence-corrected chi connectivity index (χ4v) is 3.88. The van der Waals surface area contributed by atoms with E-state index in [1.165, 1.54) is 11.3 Å². The number of carboxylic acids is 1. The van der Waals surface area contributed by atoms with Gasteiger partial charge >= 0.3 is 5.97 Å². The molecule has 10 nitrogen and oxygen atoms in total. The number of nitrogens with one attached hydrogen (secondary N) is 1. The summed E-state index contributed by atoms with van der Waals surface area (Å²) in [5, 5.41) is 13.2. The molecule has 40 heavy (non-hydrogen) atoms. The maximum atomic E-state index is 12.5. The lowest BCUT2D eigenvalue weighted by molar-refractivity contribution is -0.144. The van der Waals surface area contributed by atoms with Gasteiger partial charge in [-0.2, -0.15) is 0 Å². The van der Waals surface area contributed by atoms with Gasteiger partial charge in [-0.05, 0) is 41.3 Å². The fraction of sp³-hybridized carbons (Fsp3) is 0.333. The number of ether oxygens (including phenoxy) is 1. The van der Waals surface area contributed by atoms with Crippen LogP contribution in [0.2, 0.25) is 0 Å². The number of aromatic nitrogens is 1. The largest absolute Gasteiger partial charge is 0.481 e. The van der Waals surface area contributed by atoms with E-state index in [9.17, 15) is 14.7 Å². The van der Waals surface area contributed by atoms with E-state index >= 15 is 0 Å². The number of benzene rings is 2. The van der Waals surface area contributed by atoms with Crippen LogP contribution in [0.15, 0.2) is 65.8 Å². The Hall–Kier alpha value is -4.44. The molecular formula is C30H40N6O4. The van der Waals surface area contributed by atoms with Crippen molar-refractivity contribution in [2.45, 2.75) is 53.0 Å². The highest BCUT2D eigenvalue weighted by molar-refractivity contribution is 6.04. The smallest absolute Gasteiger partial charge is 0.323 e. The standard InChI is InChI=1S/C27H32N6O4.C3H8/c1-3-4-8-25(34)33(17-26(35)36)16-18-9-11-19(12-10-18)22-15-20(13-14-21(22)27(28)31-32-29)23-6-5-7-24(30-23)37-2;1-3-2/h5-7,9-15,32H,3-4,8,16-17,29H2,1-2H3,(H2,28,31)(H,35,36);3H2,1-2H3. The number of carboxylic acid groups (broad SMARTS) is 1. The second-order valence-electron chi connectivity index (χ2n) is 9.10. The third-order valence-corrected chi connectivity index (χ3v) is 5.77. The van der Waals surface area contributed by atoms with Crippen molar-refractivity contribution in [3.63, 3.8) is 0 Å². The molecule has 6 N–H and O–H groups in total. The SMILES string of the molecule is CCC.CCCCC(=O)N(CC(=O)O)Cc1ccc(-c2cc(-c3cccc(OC)n3)ccc2/C(N)=N/NN)cc1. The zero-order chi connectivity index (χ0) is 29.5. The van der Waals surface area contributed by atoms with Crippen LogP contribution in [-0.2, 0) is 16.1 Å². The molecule has 0 saturated heterocycles. The maximum absolute atomic E-state index is 12.5. The highest BCUT2D eigenvalue weighted by atomic mass is 16.5. The number of hydrogen-bond acceptors (Lipinski definition) is 7. The molecule has 214 valence electrons. The first-order chi connectivity index (χ1) is 19.3. The Kier molecular flexibility index (Phi) is 13.1. The molecule has 0 unspecified atom stereocenters. The molecule has 10 heteroatoms. The van der Waals surface area contributed by atoms with E-state index in [0.717, 1.165) is 40.8 Å². The summed E-state index contributed by atoms with van der Waals surface area (Å²) in [6, 6.07) is 18.7. The van der Waals surface area contributed by atoms with E-state index in [0.29, 0.717) is 17.9 Å². The first-order valence-corrected chi connectivity index (χ1v) is 13.3. The van der Waals surface area contributed by atoms with Gasteiger partial charge in [0.1, 0.15) is 6.54 Å². The Bertz CT molecular complexity index is 1280. The van der Waals surface area contributed by atoms with Crippen LogP contribution in [-0.4, -0.2) is 46.4 Å². The van der Waals surface area contributed by atoms with Crippen molar-refractivity contribution in [1.82, 2.24) is 15.4 Å². The number of pyridine rings is 1. The van der Waals surface area contributed by atoms with Crippen LogP contribution in [0.25, 0.3) is 22.4 Å². The normalized spacial score (nSPS) is 10.8. The Morgan fingerprint density at radius 2 is 1.73 bits per heavy atom. The molecule has 1 aromatic heterocycles. The van der Waals surface area contributed by atoms with Crippen LogP contribution in [0, 0.1) is 0 Å². The summed E-state index contributed by atoms with van der Waals surface area (Å²) >= 11 is 0. The number of methoxy groups -OCH3 is 1. The van der Waals surface area contributed by atoms with Crippen LogP contribution >= 0.6 is 0 Å². The van der Waals surface area contributed by atoms with Gasteiger partial charge in [0, 0.05) is 30.2 Å². The van der Waals surface area contributed by atoms with Crippen molar-refractivity contribution in [1.29, 1.82) is 0 Å². The van der Waals surface area contributed by atoms with Crippen LogP contribution in [0.1, 0.15) is 57.6 Å². The predicted octanol–water partition coefficient (Wildman–Crippen LogP) is 4.53. The monoisotopic (exact) mass is 548 g/mol. The zero-order valence-electron chi connectivity index (χ0n) is 23.7. The summed E-state index contributed by atoms with van der Waals surface area (Å²) in [4.78, 5) is 29.7. The van der Waals surface area contributed by atoms with Crippen molar-refractivity contribution in [3.05, 3.63) is 71.8 Å². The molecule has 0 spiro atoms. The van der Waals surface area contributed by atoms with Gasteiger partial charge in [0.25, 0.3) is 0 Å². The second-order valence-corrected chi connectivity index (χ2v) is 9.10. The minimum Gasteiger partial charge on any atom is -0.481 e. The summed E-state index contributed by atoms with van der Waals surface area (Å²) < 4.78 is 5.26. The Labute approximate surface area is 236 Å². The second kappa shape index (κ2) is 16.5. The van der Waals surface area contributed by atoms with Gasteiger partial charge in [-0.1, -0.05) is 70.0 Å². The molecule has 0 atom stereocenters. The topological polar surface area (TPSA) is 156 Å². The quantitative estimate of drug-likeness (QED) is 0.111. The average Bonchev–Trinajstić information content (AvgIpc) is 2.96. The summed E-state index contributed by atoms with van der Waals surface area (Å²) in [6.45, 7) is 6.10. The summed E-state index contributed by atoms with van der Waals surface area (Å²) in [5.41, 5.74) is 13.1. The Morgan fingerprint density at radius 1 is 1.05 bits per heavy atom. The fourth-order valence-electron chi connectivity index (χ4n) is 3.88. The highest BCUT2D eigenvalue weighted by Crippen LogP contribution is 2.30. The van der Waals surface area contributed by atoms with E-state index < -0.39 is 5.97 Å². The lowest BCUT2D eigenvalue weighted by atomic mass is 9.94. The minimum atomic E-state index is -1.04. The molecule has 3 aromatic rings. The molecule has 1 amide bonds. The van der Waals surface area contributed by atoms with E-state index in [1.54, 1.807) is 13.2 Å². The van der Waals surface area contributed by atoms with Crippen molar-refractivity contribution in [2.75, 3.05) is 13.7 Å². The van der Waals surface area contributed by atoms with E-state index in [-0.39, 0.29) is 24.8 Å². The van der Waals surface area contributed by atoms with Crippen LogP contribution in [0.3, 0.4) is 0 Å². The van der Waals surface area contributed by atoms with Gasteiger partial charge < -0.3 is 20.5 Å². The number of hydrazine groups is 1. The number of nitrogens with zero attached hydrogens (tertiary/aromatic N) is 3. The average molecular weight is 549 g/mol. The summed E-state index contributed by atoms with van der Waals surface area (Å²) in [5.74, 6) is 4.84. The Morgan fingerprint density at radius 3 is 2.33 bits per heavy atom. The molecule has 0 aliphatic carbocycles. The summed E-state index contributed by atoms with van der Waals surface area (Å²) in [7, 11) is 1.56. The van der Waals surface area contributed by atoms with Crippen LogP contribution in [0.5, 0.6) is 5.88 Å². The number of amidine groups is 1. The number of carbonyl (C=O) groups is 2. The number of aliphatic carboxylic acids is 1. The van der Waals surface area contributed by atoms with Crippen molar-refractivity contribution >= 4 is 17.7 Å². The van der Waals surface area contributed by atoms with Crippen LogP contribution < -0.4 is 21.8 Å².